The molecule has 0 heterocycles. The lowest BCUT2D eigenvalue weighted by Gasteiger charge is -2.11. The molecule has 1 aromatic rings. The molecule has 1 rings (SSSR count). The van der Waals surface area contributed by atoms with Crippen molar-refractivity contribution in [3.8, 4) is 0 Å². The van der Waals surface area contributed by atoms with Gasteiger partial charge in [0.25, 0.3) is 0 Å². The van der Waals surface area contributed by atoms with E-state index in [0.717, 1.165) is 0 Å². The van der Waals surface area contributed by atoms with E-state index in [9.17, 15) is 9.59 Å². The van der Waals surface area contributed by atoms with Gasteiger partial charge in [-0.3, -0.25) is 9.59 Å². The maximum absolute atomic E-state index is 11.6. The number of anilines is 1. The molecular formula is C13H18N2O3. The lowest BCUT2D eigenvalue weighted by atomic mass is 10.1. The van der Waals surface area contributed by atoms with E-state index in [-0.39, 0.29) is 12.3 Å². The predicted molar refractivity (Wildman–Crippen MR) is 69.2 cm³/mol. The number of aliphatic hydroxyl groups excluding tert-OH is 1. The smallest absolute Gasteiger partial charge is 0.249 e. The van der Waals surface area contributed by atoms with E-state index in [1.807, 2.05) is 0 Å². The van der Waals surface area contributed by atoms with Crippen LogP contribution < -0.4 is 11.1 Å². The summed E-state index contributed by atoms with van der Waals surface area (Å²) in [5, 5.41) is 11.8. The molecule has 1 atom stereocenters. The van der Waals surface area contributed by atoms with E-state index in [1.54, 1.807) is 32.0 Å². The maximum atomic E-state index is 11.6. The Bertz CT molecular complexity index is 456. The summed E-state index contributed by atoms with van der Waals surface area (Å²) in [4.78, 5) is 22.8. The molecule has 0 aliphatic carbocycles. The summed E-state index contributed by atoms with van der Waals surface area (Å²) in [6.45, 7) is 3.36. The van der Waals surface area contributed by atoms with E-state index in [2.05, 4.69) is 5.32 Å². The van der Waals surface area contributed by atoms with Crippen molar-refractivity contribution in [3.05, 3.63) is 29.3 Å². The molecule has 1 unspecified atom stereocenters. The topological polar surface area (TPSA) is 92.4 Å². The molecule has 0 aliphatic heterocycles. The number of benzene rings is 1. The number of nitrogens with two attached hydrogens (primary N) is 1. The molecule has 0 saturated carbocycles. The zero-order valence-corrected chi connectivity index (χ0v) is 10.6. The molecule has 1 aromatic carbocycles. The molecule has 0 spiro atoms. The van der Waals surface area contributed by atoms with Crippen molar-refractivity contribution in [3.63, 3.8) is 0 Å². The van der Waals surface area contributed by atoms with Gasteiger partial charge in [-0.15, -0.1) is 0 Å². The van der Waals surface area contributed by atoms with Crippen LogP contribution in [0.3, 0.4) is 0 Å². The molecule has 0 aromatic heterocycles. The summed E-state index contributed by atoms with van der Waals surface area (Å²) in [5.74, 6) is -0.715. The van der Waals surface area contributed by atoms with Crippen LogP contribution in [0.25, 0.3) is 0 Å². The zero-order chi connectivity index (χ0) is 13.7. The Morgan fingerprint density at radius 3 is 2.67 bits per heavy atom. The number of rotatable bonds is 5. The minimum absolute atomic E-state index is 0.194. The van der Waals surface area contributed by atoms with Crippen molar-refractivity contribution < 1.29 is 14.7 Å². The van der Waals surface area contributed by atoms with Crippen LogP contribution in [0.2, 0.25) is 0 Å². The molecule has 0 saturated heterocycles. The summed E-state index contributed by atoms with van der Waals surface area (Å²) in [7, 11) is 0. The number of aliphatic hydroxyl groups is 1. The predicted octanol–water partition coefficient (Wildman–Crippen LogP) is 1.19. The minimum atomic E-state index is -0.521. The van der Waals surface area contributed by atoms with Gasteiger partial charge in [0, 0.05) is 17.7 Å². The lowest BCUT2D eigenvalue weighted by Crippen LogP contribution is -2.17. The van der Waals surface area contributed by atoms with Crippen LogP contribution in [0.4, 0.5) is 5.69 Å². The van der Waals surface area contributed by atoms with Crippen molar-refractivity contribution in [2.45, 2.75) is 32.8 Å². The highest BCUT2D eigenvalue weighted by Crippen LogP contribution is 2.18. The Kier molecular flexibility index (Phi) is 4.85. The average Bonchev–Trinajstić information content (AvgIpc) is 2.29. The first kappa shape index (κ1) is 14.2. The SMILES string of the molecule is Cc1c(NC(=O)CCC(C)O)cccc1C(N)=O. The van der Waals surface area contributed by atoms with Gasteiger partial charge in [0.1, 0.15) is 0 Å². The quantitative estimate of drug-likeness (QED) is 0.733. The van der Waals surface area contributed by atoms with Crippen LogP contribution in [0.1, 0.15) is 35.7 Å². The van der Waals surface area contributed by atoms with E-state index in [4.69, 9.17) is 10.8 Å². The third kappa shape index (κ3) is 3.85. The number of hydrogen-bond donors (Lipinski definition) is 3. The Labute approximate surface area is 106 Å². The van der Waals surface area contributed by atoms with Crippen LogP contribution in [-0.4, -0.2) is 23.0 Å². The summed E-state index contributed by atoms with van der Waals surface area (Å²) < 4.78 is 0. The Morgan fingerprint density at radius 2 is 2.11 bits per heavy atom. The monoisotopic (exact) mass is 250 g/mol. The maximum Gasteiger partial charge on any atom is 0.249 e. The molecule has 0 radical (unpaired) electrons. The Balaban J connectivity index is 2.76. The number of primary amides is 1. The van der Waals surface area contributed by atoms with Gasteiger partial charge in [-0.05, 0) is 38.0 Å². The van der Waals surface area contributed by atoms with E-state index >= 15 is 0 Å². The molecule has 2 amide bonds. The highest BCUT2D eigenvalue weighted by Gasteiger charge is 2.11. The van der Waals surface area contributed by atoms with Gasteiger partial charge in [0.2, 0.25) is 11.8 Å². The van der Waals surface area contributed by atoms with Crippen molar-refractivity contribution in [2.75, 3.05) is 5.32 Å². The van der Waals surface area contributed by atoms with Gasteiger partial charge in [0.15, 0.2) is 0 Å². The van der Waals surface area contributed by atoms with Crippen LogP contribution in [0.5, 0.6) is 0 Å². The molecule has 98 valence electrons. The Hall–Kier alpha value is -1.88. The van der Waals surface area contributed by atoms with Gasteiger partial charge in [-0.1, -0.05) is 6.07 Å². The van der Waals surface area contributed by atoms with Crippen molar-refractivity contribution in [1.29, 1.82) is 0 Å². The van der Waals surface area contributed by atoms with E-state index < -0.39 is 12.0 Å². The summed E-state index contributed by atoms with van der Waals surface area (Å²) in [5.41, 5.74) is 6.84. The average molecular weight is 250 g/mol. The molecule has 0 fully saturated rings. The van der Waals surface area contributed by atoms with Gasteiger partial charge < -0.3 is 16.2 Å². The summed E-state index contributed by atoms with van der Waals surface area (Å²) in [6, 6.07) is 4.99. The van der Waals surface area contributed by atoms with E-state index in [1.165, 1.54) is 0 Å². The summed E-state index contributed by atoms with van der Waals surface area (Å²) >= 11 is 0. The Morgan fingerprint density at radius 1 is 1.44 bits per heavy atom. The molecule has 5 heteroatoms. The van der Waals surface area contributed by atoms with E-state index in [0.29, 0.717) is 23.2 Å². The zero-order valence-electron chi connectivity index (χ0n) is 10.6. The second-order valence-electron chi connectivity index (χ2n) is 4.28. The van der Waals surface area contributed by atoms with Crippen LogP contribution >= 0.6 is 0 Å². The third-order valence-electron chi connectivity index (χ3n) is 2.66. The summed E-state index contributed by atoms with van der Waals surface area (Å²) in [6.07, 6.45) is 0.131. The van der Waals surface area contributed by atoms with Gasteiger partial charge in [-0.2, -0.15) is 0 Å². The number of hydrogen-bond acceptors (Lipinski definition) is 3. The number of nitrogens with one attached hydrogen (secondary N) is 1. The number of carbonyl (C=O) groups is 2. The lowest BCUT2D eigenvalue weighted by molar-refractivity contribution is -0.116. The third-order valence-corrected chi connectivity index (χ3v) is 2.66. The fourth-order valence-corrected chi connectivity index (χ4v) is 1.59. The first-order valence-corrected chi connectivity index (χ1v) is 5.79. The molecular weight excluding hydrogens is 232 g/mol. The molecule has 4 N–H and O–H groups in total. The number of carbonyl (C=O) groups excluding carboxylic acids is 2. The van der Waals surface area contributed by atoms with Gasteiger partial charge >= 0.3 is 0 Å². The standard InChI is InChI=1S/C13H18N2O3/c1-8(16)6-7-12(17)15-11-5-3-4-10(9(11)2)13(14)18/h3-5,8,16H,6-7H2,1-2H3,(H2,14,18)(H,15,17). The largest absolute Gasteiger partial charge is 0.393 e. The fourth-order valence-electron chi connectivity index (χ4n) is 1.59. The van der Waals surface area contributed by atoms with Crippen LogP contribution in [0.15, 0.2) is 18.2 Å². The van der Waals surface area contributed by atoms with Crippen LogP contribution in [-0.2, 0) is 4.79 Å². The van der Waals surface area contributed by atoms with Crippen molar-refractivity contribution in [2.24, 2.45) is 5.73 Å². The van der Waals surface area contributed by atoms with Crippen molar-refractivity contribution in [1.82, 2.24) is 0 Å². The highest BCUT2D eigenvalue weighted by molar-refractivity contribution is 5.98. The van der Waals surface area contributed by atoms with Crippen molar-refractivity contribution >= 4 is 17.5 Å². The molecule has 0 aliphatic rings. The molecule has 0 bridgehead atoms. The minimum Gasteiger partial charge on any atom is -0.393 e. The fraction of sp³-hybridized carbons (Fsp3) is 0.385. The van der Waals surface area contributed by atoms with Crippen LogP contribution in [0, 0.1) is 6.92 Å². The number of amides is 2. The normalized spacial score (nSPS) is 11.9. The second kappa shape index (κ2) is 6.16. The second-order valence-corrected chi connectivity index (χ2v) is 4.28. The first-order chi connectivity index (χ1) is 8.41. The first-order valence-electron chi connectivity index (χ1n) is 5.79. The molecule has 5 nitrogen and oxygen atoms in total. The van der Waals surface area contributed by atoms with Gasteiger partial charge in [-0.25, -0.2) is 0 Å². The highest BCUT2D eigenvalue weighted by atomic mass is 16.3. The van der Waals surface area contributed by atoms with Gasteiger partial charge in [0.05, 0.1) is 6.10 Å². The molecule has 18 heavy (non-hydrogen) atoms.